The van der Waals surface area contributed by atoms with Crippen LogP contribution in [0.2, 0.25) is 0 Å². The van der Waals surface area contributed by atoms with Gasteiger partial charge in [-0.15, -0.1) is 0 Å². The molecule has 0 aliphatic rings. The molecule has 2 atom stereocenters. The van der Waals surface area contributed by atoms with E-state index < -0.39 is 0 Å². The minimum absolute atomic E-state index is 0.754. The van der Waals surface area contributed by atoms with Crippen LogP contribution in [-0.4, -0.2) is 4.83 Å². The molecule has 0 fully saturated rings. The number of hydrogen-bond acceptors (Lipinski definition) is 0. The summed E-state index contributed by atoms with van der Waals surface area (Å²) in [6, 6.07) is 0. The second kappa shape index (κ2) is 12.9. The van der Waals surface area contributed by atoms with Crippen LogP contribution in [0, 0.1) is 5.92 Å². The van der Waals surface area contributed by atoms with E-state index in [-0.39, 0.29) is 0 Å². The van der Waals surface area contributed by atoms with Gasteiger partial charge in [0, 0.05) is 4.83 Å². The van der Waals surface area contributed by atoms with Gasteiger partial charge in [0.2, 0.25) is 0 Å². The first-order valence-corrected chi connectivity index (χ1v) is 8.78. The molecule has 0 aliphatic carbocycles. The lowest BCUT2D eigenvalue weighted by molar-refractivity contribution is 0.458. The van der Waals surface area contributed by atoms with Crippen molar-refractivity contribution in [1.82, 2.24) is 0 Å². The topological polar surface area (TPSA) is 0 Å². The second-order valence-electron chi connectivity index (χ2n) is 5.55. The molecule has 17 heavy (non-hydrogen) atoms. The Balaban J connectivity index is 3.28. The Morgan fingerprint density at radius 3 is 1.82 bits per heavy atom. The van der Waals surface area contributed by atoms with Crippen LogP contribution in [0.25, 0.3) is 0 Å². The van der Waals surface area contributed by atoms with Gasteiger partial charge in [-0.2, -0.15) is 0 Å². The summed E-state index contributed by atoms with van der Waals surface area (Å²) in [5.74, 6) is 0.857. The van der Waals surface area contributed by atoms with Gasteiger partial charge in [0.05, 0.1) is 0 Å². The van der Waals surface area contributed by atoms with Crippen molar-refractivity contribution in [1.29, 1.82) is 0 Å². The number of rotatable bonds is 12. The summed E-state index contributed by atoms with van der Waals surface area (Å²) in [5.41, 5.74) is 0. The van der Waals surface area contributed by atoms with Crippen molar-refractivity contribution in [2.24, 2.45) is 5.92 Å². The van der Waals surface area contributed by atoms with Crippen LogP contribution in [0.5, 0.6) is 0 Å². The molecule has 0 aromatic heterocycles. The van der Waals surface area contributed by atoms with Gasteiger partial charge in [0.15, 0.2) is 0 Å². The van der Waals surface area contributed by atoms with E-state index in [1.807, 2.05) is 0 Å². The summed E-state index contributed by atoms with van der Waals surface area (Å²) in [7, 11) is 0. The van der Waals surface area contributed by atoms with E-state index in [0.29, 0.717) is 0 Å². The summed E-state index contributed by atoms with van der Waals surface area (Å²) in [6.45, 7) is 6.97. The molecule has 0 radical (unpaired) electrons. The third-order valence-corrected chi connectivity index (χ3v) is 5.07. The molecule has 0 N–H and O–H groups in total. The monoisotopic (exact) mass is 304 g/mol. The van der Waals surface area contributed by atoms with Crippen LogP contribution in [0.15, 0.2) is 0 Å². The van der Waals surface area contributed by atoms with Crippen LogP contribution >= 0.6 is 15.9 Å². The number of alkyl halides is 1. The first-order chi connectivity index (χ1) is 8.22. The molecule has 0 aliphatic heterocycles. The fraction of sp³-hybridized carbons (Fsp3) is 1.00. The normalized spacial score (nSPS) is 14.8. The van der Waals surface area contributed by atoms with Crippen LogP contribution in [0.1, 0.15) is 91.4 Å². The molecule has 1 heteroatoms. The molecule has 0 amide bonds. The van der Waals surface area contributed by atoms with E-state index in [4.69, 9.17) is 0 Å². The lowest BCUT2D eigenvalue weighted by Crippen LogP contribution is -2.10. The average molecular weight is 305 g/mol. The molecule has 104 valence electrons. The van der Waals surface area contributed by atoms with E-state index in [1.165, 1.54) is 70.6 Å². The van der Waals surface area contributed by atoms with Crippen molar-refractivity contribution in [2.75, 3.05) is 0 Å². The predicted molar refractivity (Wildman–Crippen MR) is 84.0 cm³/mol. The van der Waals surface area contributed by atoms with Crippen LogP contribution in [0.4, 0.5) is 0 Å². The van der Waals surface area contributed by atoms with E-state index in [2.05, 4.69) is 36.7 Å². The molecule has 0 saturated heterocycles. The van der Waals surface area contributed by atoms with Crippen molar-refractivity contribution < 1.29 is 0 Å². The average Bonchev–Trinajstić information content (AvgIpc) is 2.34. The first kappa shape index (κ1) is 17.5. The van der Waals surface area contributed by atoms with E-state index in [9.17, 15) is 0 Å². The van der Waals surface area contributed by atoms with Gasteiger partial charge in [-0.05, 0) is 18.8 Å². The van der Waals surface area contributed by atoms with Gasteiger partial charge in [0.25, 0.3) is 0 Å². The highest BCUT2D eigenvalue weighted by atomic mass is 79.9. The largest absolute Gasteiger partial charge is 0.0888 e. The molecular weight excluding hydrogens is 272 g/mol. The maximum atomic E-state index is 3.87. The van der Waals surface area contributed by atoms with Crippen LogP contribution in [-0.2, 0) is 0 Å². The Morgan fingerprint density at radius 1 is 0.706 bits per heavy atom. The van der Waals surface area contributed by atoms with E-state index in [1.54, 1.807) is 0 Å². The van der Waals surface area contributed by atoms with Crippen molar-refractivity contribution in [3.8, 4) is 0 Å². The molecule has 0 spiro atoms. The molecule has 0 heterocycles. The molecule has 0 bridgehead atoms. The first-order valence-electron chi connectivity index (χ1n) is 7.86. The Kier molecular flexibility index (Phi) is 13.3. The minimum Gasteiger partial charge on any atom is -0.0888 e. The van der Waals surface area contributed by atoms with Crippen LogP contribution in [0.3, 0.4) is 0 Å². The Labute approximate surface area is 118 Å². The number of halogens is 1. The fourth-order valence-electron chi connectivity index (χ4n) is 2.29. The summed E-state index contributed by atoms with van der Waals surface area (Å²) in [6.07, 6.45) is 15.5. The third kappa shape index (κ3) is 11.3. The maximum absolute atomic E-state index is 3.87. The summed E-state index contributed by atoms with van der Waals surface area (Å²) in [5, 5.41) is 0. The number of hydrogen-bond donors (Lipinski definition) is 0. The Hall–Kier alpha value is 0.480. The highest BCUT2D eigenvalue weighted by Gasteiger charge is 2.12. The maximum Gasteiger partial charge on any atom is 0.0171 e. The van der Waals surface area contributed by atoms with Crippen molar-refractivity contribution in [3.05, 3.63) is 0 Å². The Bertz CT molecular complexity index is 144. The van der Waals surface area contributed by atoms with E-state index >= 15 is 0 Å². The second-order valence-corrected chi connectivity index (χ2v) is 6.72. The highest BCUT2D eigenvalue weighted by Crippen LogP contribution is 2.24. The summed E-state index contributed by atoms with van der Waals surface area (Å²) < 4.78 is 0. The van der Waals surface area contributed by atoms with E-state index in [0.717, 1.165) is 10.7 Å². The molecule has 0 aromatic carbocycles. The predicted octanol–water partition coefficient (Wildman–Crippen LogP) is 6.72. The van der Waals surface area contributed by atoms with Crippen molar-refractivity contribution in [2.45, 2.75) is 96.2 Å². The lowest BCUT2D eigenvalue weighted by Gasteiger charge is -2.17. The molecule has 0 nitrogen and oxygen atoms in total. The zero-order chi connectivity index (χ0) is 12.9. The summed E-state index contributed by atoms with van der Waals surface area (Å²) >= 11 is 3.87. The fourth-order valence-corrected chi connectivity index (χ4v) is 2.88. The molecule has 0 aromatic rings. The lowest BCUT2D eigenvalue weighted by atomic mass is 9.96. The van der Waals surface area contributed by atoms with Gasteiger partial charge in [-0.3, -0.25) is 0 Å². The SMILES string of the molecule is CCCCCCCCCC(Br)C(C)CCCC. The third-order valence-electron chi connectivity index (χ3n) is 3.71. The summed E-state index contributed by atoms with van der Waals surface area (Å²) in [4.78, 5) is 0.754. The molecular formula is C16H33Br. The van der Waals surface area contributed by atoms with Crippen molar-refractivity contribution >= 4 is 15.9 Å². The smallest absolute Gasteiger partial charge is 0.0171 e. The molecule has 2 unspecified atom stereocenters. The van der Waals surface area contributed by atoms with Gasteiger partial charge >= 0.3 is 0 Å². The zero-order valence-electron chi connectivity index (χ0n) is 12.3. The zero-order valence-corrected chi connectivity index (χ0v) is 13.9. The standard InChI is InChI=1S/C16H33Br/c1-4-6-8-9-10-11-12-14-16(17)15(3)13-7-5-2/h15-16H,4-14H2,1-3H3. The van der Waals surface area contributed by atoms with Gasteiger partial charge < -0.3 is 0 Å². The quantitative estimate of drug-likeness (QED) is 0.277. The highest BCUT2D eigenvalue weighted by molar-refractivity contribution is 9.09. The van der Waals surface area contributed by atoms with Gasteiger partial charge in [-0.25, -0.2) is 0 Å². The number of unbranched alkanes of at least 4 members (excludes halogenated alkanes) is 7. The molecule has 0 saturated carbocycles. The van der Waals surface area contributed by atoms with Crippen LogP contribution < -0.4 is 0 Å². The van der Waals surface area contributed by atoms with Gasteiger partial charge in [0.1, 0.15) is 0 Å². The van der Waals surface area contributed by atoms with Gasteiger partial charge in [-0.1, -0.05) is 94.5 Å². The minimum atomic E-state index is 0.754. The Morgan fingerprint density at radius 2 is 1.24 bits per heavy atom. The molecule has 0 rings (SSSR count). The van der Waals surface area contributed by atoms with Crippen molar-refractivity contribution in [3.63, 3.8) is 0 Å².